The molecule has 3 rings (SSSR count). The second-order valence-electron chi connectivity index (χ2n) is 4.41. The summed E-state index contributed by atoms with van der Waals surface area (Å²) in [6.45, 7) is 2.76. The Morgan fingerprint density at radius 2 is 2.11 bits per heavy atom. The van der Waals surface area contributed by atoms with Crippen molar-refractivity contribution in [2.75, 3.05) is 0 Å². The zero-order valence-corrected chi connectivity index (χ0v) is 12.4. The van der Waals surface area contributed by atoms with Crippen LogP contribution in [0.5, 0.6) is 0 Å². The lowest BCUT2D eigenvalue weighted by atomic mass is 10.2. The second kappa shape index (κ2) is 4.38. The average molecular weight is 352 g/mol. The molecule has 0 aliphatic heterocycles. The molecule has 0 aliphatic rings. The summed E-state index contributed by atoms with van der Waals surface area (Å²) >= 11 is 2.33. The molecule has 0 bridgehead atoms. The van der Waals surface area contributed by atoms with Crippen LogP contribution in [0.1, 0.15) is 11.4 Å². The standard InChI is InChI=1S/C13H13IN4/c1-9-5-12(17(2)16-9)8-18-13-6-11(14)4-3-10(13)7-15-18/h3-7H,8H2,1-2H3. The molecule has 2 aromatic heterocycles. The van der Waals surface area contributed by atoms with Crippen LogP contribution < -0.4 is 0 Å². The maximum Gasteiger partial charge on any atom is 0.0835 e. The fourth-order valence-electron chi connectivity index (χ4n) is 2.14. The van der Waals surface area contributed by atoms with E-state index in [-0.39, 0.29) is 0 Å². The fourth-order valence-corrected chi connectivity index (χ4v) is 2.61. The number of aryl methyl sites for hydroxylation is 2. The summed E-state index contributed by atoms with van der Waals surface area (Å²) in [5, 5.41) is 9.99. The number of hydrogen-bond donors (Lipinski definition) is 0. The van der Waals surface area contributed by atoms with E-state index in [0.29, 0.717) is 0 Å². The summed E-state index contributed by atoms with van der Waals surface area (Å²) in [6, 6.07) is 8.46. The van der Waals surface area contributed by atoms with Gasteiger partial charge in [-0.1, -0.05) is 6.07 Å². The smallest absolute Gasteiger partial charge is 0.0835 e. The Morgan fingerprint density at radius 3 is 2.83 bits per heavy atom. The molecule has 0 saturated carbocycles. The van der Waals surface area contributed by atoms with Crippen molar-refractivity contribution in [3.8, 4) is 0 Å². The number of rotatable bonds is 2. The summed E-state index contributed by atoms with van der Waals surface area (Å²) < 4.78 is 5.16. The molecule has 2 heterocycles. The molecule has 92 valence electrons. The third-order valence-corrected chi connectivity index (χ3v) is 3.69. The molecule has 5 heteroatoms. The Hall–Kier alpha value is -1.37. The van der Waals surface area contributed by atoms with Crippen molar-refractivity contribution < 1.29 is 0 Å². The van der Waals surface area contributed by atoms with Gasteiger partial charge in [0.2, 0.25) is 0 Å². The van der Waals surface area contributed by atoms with Gasteiger partial charge in [0.1, 0.15) is 0 Å². The van der Waals surface area contributed by atoms with E-state index in [2.05, 4.69) is 57.1 Å². The number of nitrogens with zero attached hydrogens (tertiary/aromatic N) is 4. The Kier molecular flexibility index (Phi) is 2.85. The van der Waals surface area contributed by atoms with Crippen molar-refractivity contribution in [2.45, 2.75) is 13.5 Å². The van der Waals surface area contributed by atoms with Gasteiger partial charge >= 0.3 is 0 Å². The molecule has 0 fully saturated rings. The molecule has 0 unspecified atom stereocenters. The summed E-state index contributed by atoms with van der Waals surface area (Å²) in [5.74, 6) is 0. The zero-order chi connectivity index (χ0) is 12.7. The normalized spacial score (nSPS) is 11.3. The van der Waals surface area contributed by atoms with Crippen LogP contribution in [0.2, 0.25) is 0 Å². The SMILES string of the molecule is Cc1cc(Cn2ncc3ccc(I)cc32)n(C)n1. The Morgan fingerprint density at radius 1 is 1.28 bits per heavy atom. The minimum Gasteiger partial charge on any atom is -0.270 e. The molecule has 0 aliphatic carbocycles. The summed E-state index contributed by atoms with van der Waals surface area (Å²) in [5.41, 5.74) is 3.37. The van der Waals surface area contributed by atoms with Gasteiger partial charge in [0.15, 0.2) is 0 Å². The molecule has 18 heavy (non-hydrogen) atoms. The zero-order valence-electron chi connectivity index (χ0n) is 10.3. The topological polar surface area (TPSA) is 35.6 Å². The van der Waals surface area contributed by atoms with Gasteiger partial charge in [0.05, 0.1) is 29.6 Å². The number of fused-ring (bicyclic) bond motifs is 1. The van der Waals surface area contributed by atoms with E-state index in [9.17, 15) is 0 Å². The van der Waals surface area contributed by atoms with Crippen molar-refractivity contribution in [3.05, 3.63) is 45.4 Å². The third kappa shape index (κ3) is 2.03. The van der Waals surface area contributed by atoms with Crippen LogP contribution in [-0.2, 0) is 13.6 Å². The molecular weight excluding hydrogens is 339 g/mol. The molecule has 0 N–H and O–H groups in total. The van der Waals surface area contributed by atoms with E-state index in [4.69, 9.17) is 0 Å². The van der Waals surface area contributed by atoms with Crippen molar-refractivity contribution in [2.24, 2.45) is 7.05 Å². The minimum atomic E-state index is 0.751. The maximum absolute atomic E-state index is 4.45. The molecule has 0 spiro atoms. The summed E-state index contributed by atoms with van der Waals surface area (Å²) in [4.78, 5) is 0. The van der Waals surface area contributed by atoms with Gasteiger partial charge in [0, 0.05) is 16.0 Å². The van der Waals surface area contributed by atoms with Crippen LogP contribution in [0.15, 0.2) is 30.5 Å². The van der Waals surface area contributed by atoms with Crippen LogP contribution in [0, 0.1) is 10.5 Å². The predicted octanol–water partition coefficient (Wildman–Crippen LogP) is 2.73. The molecule has 1 aromatic carbocycles. The average Bonchev–Trinajstić information content (AvgIpc) is 2.84. The van der Waals surface area contributed by atoms with E-state index in [0.717, 1.165) is 17.9 Å². The first-order valence-corrected chi connectivity index (χ1v) is 6.82. The van der Waals surface area contributed by atoms with E-state index in [1.807, 2.05) is 29.5 Å². The quantitative estimate of drug-likeness (QED) is 0.665. The Bertz CT molecular complexity index is 711. The first-order valence-electron chi connectivity index (χ1n) is 5.74. The summed E-state index contributed by atoms with van der Waals surface area (Å²) in [6.07, 6.45) is 1.91. The van der Waals surface area contributed by atoms with Gasteiger partial charge in [-0.15, -0.1) is 0 Å². The molecule has 3 aromatic rings. The molecule has 0 atom stereocenters. The molecule has 0 radical (unpaired) electrons. The molecule has 0 saturated heterocycles. The number of benzene rings is 1. The van der Waals surface area contributed by atoms with Gasteiger partial charge in [0.25, 0.3) is 0 Å². The van der Waals surface area contributed by atoms with Crippen molar-refractivity contribution in [1.82, 2.24) is 19.6 Å². The van der Waals surface area contributed by atoms with Crippen LogP contribution in [0.3, 0.4) is 0 Å². The van der Waals surface area contributed by atoms with Crippen LogP contribution in [-0.4, -0.2) is 19.6 Å². The highest BCUT2D eigenvalue weighted by Crippen LogP contribution is 2.18. The van der Waals surface area contributed by atoms with Crippen molar-refractivity contribution >= 4 is 33.5 Å². The fraction of sp³-hybridized carbons (Fsp3) is 0.231. The van der Waals surface area contributed by atoms with Gasteiger partial charge in [-0.2, -0.15) is 10.2 Å². The number of halogens is 1. The number of aromatic nitrogens is 4. The maximum atomic E-state index is 4.45. The highest BCUT2D eigenvalue weighted by atomic mass is 127. The van der Waals surface area contributed by atoms with Crippen LogP contribution >= 0.6 is 22.6 Å². The van der Waals surface area contributed by atoms with Crippen molar-refractivity contribution in [1.29, 1.82) is 0 Å². The van der Waals surface area contributed by atoms with Gasteiger partial charge < -0.3 is 0 Å². The van der Waals surface area contributed by atoms with E-state index >= 15 is 0 Å². The Labute approximate surface area is 119 Å². The third-order valence-electron chi connectivity index (χ3n) is 3.02. The molecule has 0 amide bonds. The van der Waals surface area contributed by atoms with Gasteiger partial charge in [-0.3, -0.25) is 9.36 Å². The van der Waals surface area contributed by atoms with Gasteiger partial charge in [-0.05, 0) is 47.7 Å². The molecular formula is C13H13IN4. The number of hydrogen-bond acceptors (Lipinski definition) is 2. The summed E-state index contributed by atoms with van der Waals surface area (Å²) in [7, 11) is 1.97. The lowest BCUT2D eigenvalue weighted by Crippen LogP contribution is -2.06. The highest BCUT2D eigenvalue weighted by molar-refractivity contribution is 14.1. The van der Waals surface area contributed by atoms with Gasteiger partial charge in [-0.25, -0.2) is 0 Å². The van der Waals surface area contributed by atoms with E-state index < -0.39 is 0 Å². The van der Waals surface area contributed by atoms with E-state index in [1.54, 1.807) is 0 Å². The second-order valence-corrected chi connectivity index (χ2v) is 5.65. The predicted molar refractivity (Wildman–Crippen MR) is 79.5 cm³/mol. The van der Waals surface area contributed by atoms with Crippen LogP contribution in [0.4, 0.5) is 0 Å². The van der Waals surface area contributed by atoms with Crippen LogP contribution in [0.25, 0.3) is 10.9 Å². The van der Waals surface area contributed by atoms with Crippen molar-refractivity contribution in [3.63, 3.8) is 0 Å². The first kappa shape index (κ1) is 11.7. The lowest BCUT2D eigenvalue weighted by Gasteiger charge is -2.04. The monoisotopic (exact) mass is 352 g/mol. The Balaban J connectivity index is 2.05. The minimum absolute atomic E-state index is 0.751. The van der Waals surface area contributed by atoms with E-state index in [1.165, 1.54) is 14.5 Å². The first-order chi connectivity index (χ1) is 8.63. The highest BCUT2D eigenvalue weighted by Gasteiger charge is 2.07. The largest absolute Gasteiger partial charge is 0.270 e. The molecule has 4 nitrogen and oxygen atoms in total. The lowest BCUT2D eigenvalue weighted by molar-refractivity contribution is 0.632.